The SMILES string of the molecule is BrC1CC2CCC(C1)N2c1ncccn1. The first-order chi connectivity index (χ1) is 7.34. The van der Waals surface area contributed by atoms with Gasteiger partial charge in [-0.1, -0.05) is 15.9 Å². The van der Waals surface area contributed by atoms with Crippen LogP contribution in [0.5, 0.6) is 0 Å². The van der Waals surface area contributed by atoms with E-state index in [2.05, 4.69) is 30.8 Å². The van der Waals surface area contributed by atoms with Crippen LogP contribution in [0.25, 0.3) is 0 Å². The van der Waals surface area contributed by atoms with Gasteiger partial charge in [-0.05, 0) is 31.7 Å². The van der Waals surface area contributed by atoms with Gasteiger partial charge in [0.15, 0.2) is 0 Å². The van der Waals surface area contributed by atoms with E-state index in [4.69, 9.17) is 0 Å². The number of rotatable bonds is 1. The fourth-order valence-corrected chi connectivity index (χ4v) is 3.72. The maximum atomic E-state index is 4.37. The second-order valence-corrected chi connectivity index (χ2v) is 5.70. The molecule has 80 valence electrons. The quantitative estimate of drug-likeness (QED) is 0.732. The number of alkyl halides is 1. The molecular weight excluding hydrogens is 254 g/mol. The van der Waals surface area contributed by atoms with Gasteiger partial charge in [0.1, 0.15) is 0 Å². The molecule has 4 heteroatoms. The number of piperidine rings is 1. The molecule has 0 aromatic carbocycles. The molecule has 2 aliphatic rings. The zero-order valence-corrected chi connectivity index (χ0v) is 10.1. The van der Waals surface area contributed by atoms with E-state index in [0.29, 0.717) is 16.9 Å². The summed E-state index contributed by atoms with van der Waals surface area (Å²) in [6.45, 7) is 0. The van der Waals surface area contributed by atoms with E-state index in [1.54, 1.807) is 0 Å². The van der Waals surface area contributed by atoms with E-state index in [0.717, 1.165) is 5.95 Å². The van der Waals surface area contributed by atoms with Crippen molar-refractivity contribution in [1.29, 1.82) is 0 Å². The van der Waals surface area contributed by atoms with Crippen molar-refractivity contribution >= 4 is 21.9 Å². The van der Waals surface area contributed by atoms with Crippen LogP contribution in [0.3, 0.4) is 0 Å². The molecule has 0 spiro atoms. The van der Waals surface area contributed by atoms with Crippen molar-refractivity contribution in [3.8, 4) is 0 Å². The number of aromatic nitrogens is 2. The summed E-state index contributed by atoms with van der Waals surface area (Å²) in [5.41, 5.74) is 0. The molecule has 1 aromatic rings. The van der Waals surface area contributed by atoms with E-state index in [1.807, 2.05) is 18.5 Å². The molecule has 0 radical (unpaired) electrons. The van der Waals surface area contributed by atoms with E-state index >= 15 is 0 Å². The molecule has 15 heavy (non-hydrogen) atoms. The predicted octanol–water partition coefficient (Wildman–Crippen LogP) is 2.37. The van der Waals surface area contributed by atoms with Crippen molar-refractivity contribution < 1.29 is 0 Å². The smallest absolute Gasteiger partial charge is 0.225 e. The van der Waals surface area contributed by atoms with Crippen molar-refractivity contribution in [2.75, 3.05) is 4.90 Å². The number of hydrogen-bond acceptors (Lipinski definition) is 3. The summed E-state index contributed by atoms with van der Waals surface area (Å²) in [7, 11) is 0. The topological polar surface area (TPSA) is 29.0 Å². The van der Waals surface area contributed by atoms with Gasteiger partial charge in [-0.3, -0.25) is 0 Å². The lowest BCUT2D eigenvalue weighted by molar-refractivity contribution is 0.475. The fraction of sp³-hybridized carbons (Fsp3) is 0.636. The molecule has 2 fully saturated rings. The number of nitrogens with zero attached hydrogens (tertiary/aromatic N) is 3. The van der Waals surface area contributed by atoms with Gasteiger partial charge in [-0.25, -0.2) is 9.97 Å². The highest BCUT2D eigenvalue weighted by Crippen LogP contribution is 2.39. The van der Waals surface area contributed by atoms with E-state index in [9.17, 15) is 0 Å². The predicted molar refractivity (Wildman–Crippen MR) is 63.3 cm³/mol. The van der Waals surface area contributed by atoms with Crippen LogP contribution in [-0.2, 0) is 0 Å². The van der Waals surface area contributed by atoms with Crippen LogP contribution in [0, 0.1) is 0 Å². The highest BCUT2D eigenvalue weighted by molar-refractivity contribution is 9.09. The molecule has 2 aliphatic heterocycles. The van der Waals surface area contributed by atoms with Crippen LogP contribution in [-0.4, -0.2) is 26.9 Å². The second-order valence-electron chi connectivity index (χ2n) is 4.41. The first-order valence-corrected chi connectivity index (χ1v) is 6.45. The number of fused-ring (bicyclic) bond motifs is 2. The van der Waals surface area contributed by atoms with Gasteiger partial charge in [0.05, 0.1) is 0 Å². The Bertz CT molecular complexity index is 329. The largest absolute Gasteiger partial charge is 0.335 e. The normalized spacial score (nSPS) is 34.5. The Balaban J connectivity index is 1.89. The zero-order valence-electron chi connectivity index (χ0n) is 8.51. The standard InChI is InChI=1S/C11H14BrN3/c12-8-6-9-2-3-10(7-8)15(9)11-13-4-1-5-14-11/h1,4-5,8-10H,2-3,6-7H2. The van der Waals surface area contributed by atoms with Crippen LogP contribution in [0.4, 0.5) is 5.95 Å². The Morgan fingerprint density at radius 3 is 2.33 bits per heavy atom. The Hall–Kier alpha value is -0.640. The molecule has 2 atom stereocenters. The third-order valence-corrected chi connectivity index (χ3v) is 4.21. The molecule has 0 amide bonds. The molecule has 0 N–H and O–H groups in total. The molecule has 1 aromatic heterocycles. The van der Waals surface area contributed by atoms with Gasteiger partial charge in [0.25, 0.3) is 0 Å². The van der Waals surface area contributed by atoms with Crippen LogP contribution in [0.2, 0.25) is 0 Å². The second kappa shape index (κ2) is 3.74. The lowest BCUT2D eigenvalue weighted by Gasteiger charge is -2.37. The molecule has 2 saturated heterocycles. The molecule has 0 saturated carbocycles. The van der Waals surface area contributed by atoms with Gasteiger partial charge in [0.2, 0.25) is 5.95 Å². The first-order valence-electron chi connectivity index (χ1n) is 5.54. The molecule has 3 rings (SSSR count). The zero-order chi connectivity index (χ0) is 10.3. The maximum absolute atomic E-state index is 4.37. The first kappa shape index (κ1) is 9.58. The highest BCUT2D eigenvalue weighted by Gasteiger charge is 2.41. The van der Waals surface area contributed by atoms with Crippen LogP contribution >= 0.6 is 15.9 Å². The molecule has 0 aliphatic carbocycles. The lowest BCUT2D eigenvalue weighted by Crippen LogP contribution is -2.44. The number of hydrogen-bond donors (Lipinski definition) is 0. The molecular formula is C11H14BrN3. The van der Waals surface area contributed by atoms with Gasteiger partial charge in [0, 0.05) is 29.3 Å². The summed E-state index contributed by atoms with van der Waals surface area (Å²) in [6.07, 6.45) is 8.73. The average Bonchev–Trinajstić information content (AvgIpc) is 2.53. The third kappa shape index (κ3) is 1.65. The van der Waals surface area contributed by atoms with Crippen molar-refractivity contribution in [2.45, 2.75) is 42.6 Å². The van der Waals surface area contributed by atoms with E-state index in [1.165, 1.54) is 25.7 Å². The summed E-state index contributed by atoms with van der Waals surface area (Å²) in [5, 5.41) is 0. The molecule has 2 unspecified atom stereocenters. The van der Waals surface area contributed by atoms with Crippen molar-refractivity contribution in [2.24, 2.45) is 0 Å². The van der Waals surface area contributed by atoms with E-state index < -0.39 is 0 Å². The van der Waals surface area contributed by atoms with Gasteiger partial charge in [-0.2, -0.15) is 0 Å². The summed E-state index contributed by atoms with van der Waals surface area (Å²) in [5.74, 6) is 0.921. The van der Waals surface area contributed by atoms with Crippen LogP contribution in [0.15, 0.2) is 18.5 Å². The lowest BCUT2D eigenvalue weighted by atomic mass is 10.0. The highest BCUT2D eigenvalue weighted by atomic mass is 79.9. The minimum Gasteiger partial charge on any atom is -0.335 e. The van der Waals surface area contributed by atoms with Crippen molar-refractivity contribution in [3.63, 3.8) is 0 Å². The van der Waals surface area contributed by atoms with Gasteiger partial charge in [-0.15, -0.1) is 0 Å². The third-order valence-electron chi connectivity index (χ3n) is 3.46. The Labute approximate surface area is 98.0 Å². The Morgan fingerprint density at radius 2 is 1.73 bits per heavy atom. The van der Waals surface area contributed by atoms with Crippen LogP contribution < -0.4 is 4.90 Å². The van der Waals surface area contributed by atoms with Gasteiger partial charge >= 0.3 is 0 Å². The molecule has 3 nitrogen and oxygen atoms in total. The summed E-state index contributed by atoms with van der Waals surface area (Å²) in [6, 6.07) is 3.17. The summed E-state index contributed by atoms with van der Waals surface area (Å²) < 4.78 is 0. The fourth-order valence-electron chi connectivity index (χ4n) is 2.86. The van der Waals surface area contributed by atoms with Crippen LogP contribution in [0.1, 0.15) is 25.7 Å². The summed E-state index contributed by atoms with van der Waals surface area (Å²) >= 11 is 3.74. The molecule has 2 bridgehead atoms. The minimum absolute atomic E-state index is 0.649. The minimum atomic E-state index is 0.649. The van der Waals surface area contributed by atoms with Gasteiger partial charge < -0.3 is 4.90 Å². The Kier molecular flexibility index (Phi) is 2.39. The Morgan fingerprint density at radius 1 is 1.13 bits per heavy atom. The van der Waals surface area contributed by atoms with Crippen molar-refractivity contribution in [3.05, 3.63) is 18.5 Å². The summed E-state index contributed by atoms with van der Waals surface area (Å²) in [4.78, 5) is 11.9. The maximum Gasteiger partial charge on any atom is 0.225 e. The number of halogens is 1. The average molecular weight is 268 g/mol. The number of anilines is 1. The monoisotopic (exact) mass is 267 g/mol. The van der Waals surface area contributed by atoms with E-state index in [-0.39, 0.29) is 0 Å². The van der Waals surface area contributed by atoms with Crippen molar-refractivity contribution in [1.82, 2.24) is 9.97 Å². The molecule has 3 heterocycles.